The minimum Gasteiger partial charge on any atom is -0.308 e. The molecule has 0 aliphatic heterocycles. The summed E-state index contributed by atoms with van der Waals surface area (Å²) >= 11 is 6.76. The van der Waals surface area contributed by atoms with E-state index >= 15 is 0 Å². The van der Waals surface area contributed by atoms with Crippen molar-refractivity contribution in [3.05, 3.63) is 82.7 Å². The van der Waals surface area contributed by atoms with Crippen LogP contribution >= 0.6 is 23.6 Å². The van der Waals surface area contributed by atoms with E-state index in [1.165, 1.54) is 16.7 Å². The van der Waals surface area contributed by atoms with Gasteiger partial charge in [-0.05, 0) is 48.5 Å². The molecule has 144 valence electrons. The van der Waals surface area contributed by atoms with Crippen LogP contribution in [0, 0.1) is 13.8 Å². The first-order chi connectivity index (χ1) is 14.0. The number of thiocarbonyl (C=S) groups is 1. The number of fused-ring (bicyclic) bond motifs is 1. The van der Waals surface area contributed by atoms with Gasteiger partial charge in [0.15, 0.2) is 10.2 Å². The van der Waals surface area contributed by atoms with Crippen molar-refractivity contribution in [1.29, 1.82) is 0 Å². The predicted molar refractivity (Wildman–Crippen MR) is 125 cm³/mol. The van der Waals surface area contributed by atoms with Crippen LogP contribution in [0.15, 0.2) is 66.0 Å². The van der Waals surface area contributed by atoms with E-state index in [-0.39, 0.29) is 11.0 Å². The summed E-state index contributed by atoms with van der Waals surface area (Å²) in [4.78, 5) is 17.1. The van der Waals surface area contributed by atoms with Crippen molar-refractivity contribution >= 4 is 50.5 Å². The number of benzene rings is 3. The van der Waals surface area contributed by atoms with Crippen molar-refractivity contribution < 1.29 is 4.79 Å². The van der Waals surface area contributed by atoms with Gasteiger partial charge in [-0.25, -0.2) is 4.98 Å². The Morgan fingerprint density at radius 1 is 1.03 bits per heavy atom. The number of aromatic nitrogens is 1. The van der Waals surface area contributed by atoms with Crippen molar-refractivity contribution in [2.75, 3.05) is 5.32 Å². The van der Waals surface area contributed by atoms with E-state index in [9.17, 15) is 4.79 Å². The Hall–Kier alpha value is -3.09. The quantitative estimate of drug-likeness (QED) is 0.420. The fraction of sp³-hybridized carbons (Fsp3) is 0.0870. The van der Waals surface area contributed by atoms with Crippen LogP contribution in [0.25, 0.3) is 22.0 Å². The third kappa shape index (κ3) is 4.18. The number of rotatable bonds is 3. The minimum absolute atomic E-state index is 0.230. The molecule has 0 saturated carbocycles. The van der Waals surface area contributed by atoms with Crippen LogP contribution in [0.4, 0.5) is 5.13 Å². The molecule has 0 unspecified atom stereocenters. The number of anilines is 1. The standard InChI is InChI=1S/C23H19N3OS2/c1-14-10-11-17(15(2)12-14)21(27)25-22(28)26-23-24-20(13-29-23)19-9-5-7-16-6-3-4-8-18(16)19/h3-13H,1-2H3,(H2,24,25,26,27,28). The molecule has 4 nitrogen and oxygen atoms in total. The molecule has 0 aliphatic carbocycles. The average Bonchev–Trinajstić information content (AvgIpc) is 3.15. The molecule has 1 amide bonds. The fourth-order valence-electron chi connectivity index (χ4n) is 3.27. The number of thiazole rings is 1. The lowest BCUT2D eigenvalue weighted by Gasteiger charge is -2.09. The van der Waals surface area contributed by atoms with E-state index in [0.717, 1.165) is 27.8 Å². The van der Waals surface area contributed by atoms with Crippen LogP contribution in [-0.4, -0.2) is 16.0 Å². The molecule has 0 aliphatic rings. The van der Waals surface area contributed by atoms with Gasteiger partial charge >= 0.3 is 0 Å². The van der Waals surface area contributed by atoms with Crippen LogP contribution in [-0.2, 0) is 0 Å². The van der Waals surface area contributed by atoms with Crippen molar-refractivity contribution in [2.45, 2.75) is 13.8 Å². The summed E-state index contributed by atoms with van der Waals surface area (Å²) in [6, 6.07) is 20.1. The lowest BCUT2D eigenvalue weighted by atomic mass is 10.0. The van der Waals surface area contributed by atoms with Gasteiger partial charge in [0.05, 0.1) is 5.69 Å². The van der Waals surface area contributed by atoms with Gasteiger partial charge in [-0.3, -0.25) is 10.1 Å². The second kappa shape index (κ2) is 8.11. The van der Waals surface area contributed by atoms with Gasteiger partial charge in [-0.15, -0.1) is 11.3 Å². The molecule has 0 spiro atoms. The van der Waals surface area contributed by atoms with E-state index in [1.807, 2.05) is 55.6 Å². The molecule has 0 saturated heterocycles. The fourth-order valence-corrected chi connectivity index (χ4v) is 4.24. The molecule has 0 bridgehead atoms. The summed E-state index contributed by atoms with van der Waals surface area (Å²) in [6.45, 7) is 3.91. The molecule has 6 heteroatoms. The number of hydrogen-bond acceptors (Lipinski definition) is 4. The zero-order valence-corrected chi connectivity index (χ0v) is 17.7. The zero-order chi connectivity index (χ0) is 20.4. The van der Waals surface area contributed by atoms with Gasteiger partial charge in [0.2, 0.25) is 0 Å². The smallest absolute Gasteiger partial charge is 0.257 e. The van der Waals surface area contributed by atoms with E-state index in [4.69, 9.17) is 12.2 Å². The molecule has 29 heavy (non-hydrogen) atoms. The Bertz CT molecular complexity index is 1220. The predicted octanol–water partition coefficient (Wildman–Crippen LogP) is 5.71. The van der Waals surface area contributed by atoms with Crippen molar-refractivity contribution in [3.8, 4) is 11.3 Å². The molecule has 1 aromatic heterocycles. The lowest BCUT2D eigenvalue weighted by molar-refractivity contribution is 0.0977. The largest absolute Gasteiger partial charge is 0.308 e. The van der Waals surface area contributed by atoms with Crippen LogP contribution in [0.2, 0.25) is 0 Å². The minimum atomic E-state index is -0.231. The maximum atomic E-state index is 12.5. The Balaban J connectivity index is 1.49. The van der Waals surface area contributed by atoms with E-state index in [0.29, 0.717) is 10.7 Å². The number of hydrogen-bond donors (Lipinski definition) is 2. The zero-order valence-electron chi connectivity index (χ0n) is 16.0. The highest BCUT2D eigenvalue weighted by molar-refractivity contribution is 7.80. The van der Waals surface area contributed by atoms with Crippen molar-refractivity contribution in [1.82, 2.24) is 10.3 Å². The highest BCUT2D eigenvalue weighted by atomic mass is 32.1. The van der Waals surface area contributed by atoms with Crippen LogP contribution < -0.4 is 10.6 Å². The summed E-state index contributed by atoms with van der Waals surface area (Å²) in [5.41, 5.74) is 4.58. The molecule has 4 rings (SSSR count). The maximum absolute atomic E-state index is 12.5. The number of aryl methyl sites for hydroxylation is 2. The molecule has 3 aromatic carbocycles. The van der Waals surface area contributed by atoms with E-state index < -0.39 is 0 Å². The van der Waals surface area contributed by atoms with Gasteiger partial charge in [-0.2, -0.15) is 0 Å². The highest BCUT2D eigenvalue weighted by Gasteiger charge is 2.13. The summed E-state index contributed by atoms with van der Waals surface area (Å²) in [5, 5.41) is 10.9. The molecule has 0 radical (unpaired) electrons. The molecular formula is C23H19N3OS2. The van der Waals surface area contributed by atoms with Gasteiger partial charge in [0, 0.05) is 16.5 Å². The first-order valence-electron chi connectivity index (χ1n) is 9.14. The Kier molecular flexibility index (Phi) is 5.38. The summed E-state index contributed by atoms with van der Waals surface area (Å²) < 4.78 is 0. The highest BCUT2D eigenvalue weighted by Crippen LogP contribution is 2.30. The average molecular weight is 418 g/mol. The lowest BCUT2D eigenvalue weighted by Crippen LogP contribution is -2.34. The monoisotopic (exact) mass is 417 g/mol. The second-order valence-electron chi connectivity index (χ2n) is 6.79. The Morgan fingerprint density at radius 2 is 1.83 bits per heavy atom. The normalized spacial score (nSPS) is 10.7. The molecule has 0 atom stereocenters. The van der Waals surface area contributed by atoms with Crippen LogP contribution in [0.3, 0.4) is 0 Å². The van der Waals surface area contributed by atoms with Crippen molar-refractivity contribution in [2.24, 2.45) is 0 Å². The molecule has 0 fully saturated rings. The number of amides is 1. The third-order valence-corrected chi connectivity index (χ3v) is 5.61. The van der Waals surface area contributed by atoms with Gasteiger partial charge < -0.3 is 5.32 Å². The summed E-state index contributed by atoms with van der Waals surface area (Å²) in [7, 11) is 0. The van der Waals surface area contributed by atoms with Gasteiger partial charge in [0.1, 0.15) is 0 Å². The first-order valence-corrected chi connectivity index (χ1v) is 10.4. The van der Waals surface area contributed by atoms with Crippen LogP contribution in [0.1, 0.15) is 21.5 Å². The van der Waals surface area contributed by atoms with E-state index in [1.54, 1.807) is 0 Å². The molecule has 4 aromatic rings. The summed E-state index contributed by atoms with van der Waals surface area (Å²) in [6.07, 6.45) is 0. The first kappa shape index (κ1) is 19.2. The number of nitrogens with one attached hydrogen (secondary N) is 2. The second-order valence-corrected chi connectivity index (χ2v) is 8.06. The van der Waals surface area contributed by atoms with Gasteiger partial charge in [0.25, 0.3) is 5.91 Å². The molecular weight excluding hydrogens is 398 g/mol. The topological polar surface area (TPSA) is 54.0 Å². The molecule has 2 N–H and O–H groups in total. The summed E-state index contributed by atoms with van der Waals surface area (Å²) in [5.74, 6) is -0.231. The number of carbonyl (C=O) groups excluding carboxylic acids is 1. The Labute approximate surface area is 178 Å². The maximum Gasteiger partial charge on any atom is 0.257 e. The molecule has 1 heterocycles. The number of nitrogens with zero attached hydrogens (tertiary/aromatic N) is 1. The van der Waals surface area contributed by atoms with Gasteiger partial charge in [-0.1, -0.05) is 60.2 Å². The van der Waals surface area contributed by atoms with Crippen LogP contribution in [0.5, 0.6) is 0 Å². The number of carbonyl (C=O) groups is 1. The Morgan fingerprint density at radius 3 is 2.66 bits per heavy atom. The SMILES string of the molecule is Cc1ccc(C(=O)NC(=S)Nc2nc(-c3cccc4ccccc34)cs2)c(C)c1. The third-order valence-electron chi connectivity index (χ3n) is 4.64. The van der Waals surface area contributed by atoms with E-state index in [2.05, 4.69) is 39.9 Å². The van der Waals surface area contributed by atoms with Crippen molar-refractivity contribution in [3.63, 3.8) is 0 Å².